The highest BCUT2D eigenvalue weighted by molar-refractivity contribution is 5.99. The van der Waals surface area contributed by atoms with Gasteiger partial charge in [0.05, 0.1) is 12.0 Å². The van der Waals surface area contributed by atoms with Gasteiger partial charge in [0.2, 0.25) is 5.91 Å². The number of amides is 3. The van der Waals surface area contributed by atoms with Crippen LogP contribution in [0, 0.1) is 5.92 Å². The number of carbonyl (C=O) groups is 2. The van der Waals surface area contributed by atoms with Crippen LogP contribution in [0.3, 0.4) is 0 Å². The van der Waals surface area contributed by atoms with E-state index in [4.69, 9.17) is 0 Å². The molecule has 0 spiro atoms. The predicted octanol–water partition coefficient (Wildman–Crippen LogP) is 2.08. The molecule has 1 saturated carbocycles. The molecule has 94 valence electrons. The van der Waals surface area contributed by atoms with Gasteiger partial charge in [-0.05, 0) is 25.3 Å². The molecule has 1 saturated heterocycles. The molecule has 3 rings (SSSR count). The Morgan fingerprint density at radius 2 is 1.94 bits per heavy atom. The summed E-state index contributed by atoms with van der Waals surface area (Å²) in [6.45, 7) is 2.01. The Morgan fingerprint density at radius 1 is 1.22 bits per heavy atom. The Morgan fingerprint density at radius 3 is 2.56 bits per heavy atom. The standard InChI is InChI=1S/C14H16N2O2/c1-9(10-5-3-2-4-6-10)16-12-8-7-11(12)13(17)15-14(16)18/h2-6,9,11-12H,7-8H2,1H3,(H,15,17,18)/t9-,11+,12-/m0/s1. The first-order valence-electron chi connectivity index (χ1n) is 6.36. The largest absolute Gasteiger partial charge is 0.324 e. The Kier molecular flexibility index (Phi) is 2.58. The zero-order valence-corrected chi connectivity index (χ0v) is 10.3. The van der Waals surface area contributed by atoms with Crippen LogP contribution in [0.4, 0.5) is 4.79 Å². The molecular weight excluding hydrogens is 228 g/mol. The molecule has 4 nitrogen and oxygen atoms in total. The third kappa shape index (κ3) is 1.60. The summed E-state index contributed by atoms with van der Waals surface area (Å²) in [6, 6.07) is 9.77. The number of nitrogens with zero attached hydrogens (tertiary/aromatic N) is 1. The molecule has 0 radical (unpaired) electrons. The lowest BCUT2D eigenvalue weighted by molar-refractivity contribution is -0.133. The number of urea groups is 1. The van der Waals surface area contributed by atoms with Gasteiger partial charge in [0.25, 0.3) is 0 Å². The second-order valence-corrected chi connectivity index (χ2v) is 5.04. The molecule has 1 N–H and O–H groups in total. The molecule has 3 atom stereocenters. The number of hydrogen-bond donors (Lipinski definition) is 1. The quantitative estimate of drug-likeness (QED) is 0.865. The fourth-order valence-electron chi connectivity index (χ4n) is 2.89. The number of fused-ring (bicyclic) bond motifs is 1. The fourth-order valence-corrected chi connectivity index (χ4v) is 2.89. The van der Waals surface area contributed by atoms with Crippen LogP contribution in [-0.2, 0) is 4.79 Å². The number of nitrogens with one attached hydrogen (secondary N) is 1. The third-order valence-corrected chi connectivity index (χ3v) is 4.10. The average molecular weight is 244 g/mol. The summed E-state index contributed by atoms with van der Waals surface area (Å²) in [5.41, 5.74) is 1.10. The van der Waals surface area contributed by atoms with Crippen LogP contribution in [0.1, 0.15) is 31.4 Å². The van der Waals surface area contributed by atoms with E-state index in [1.807, 2.05) is 42.2 Å². The van der Waals surface area contributed by atoms with Gasteiger partial charge in [-0.3, -0.25) is 10.1 Å². The molecule has 1 heterocycles. The highest BCUT2D eigenvalue weighted by Gasteiger charge is 2.48. The van der Waals surface area contributed by atoms with E-state index in [9.17, 15) is 9.59 Å². The van der Waals surface area contributed by atoms with Gasteiger partial charge in [-0.2, -0.15) is 0 Å². The fraction of sp³-hybridized carbons (Fsp3) is 0.429. The highest BCUT2D eigenvalue weighted by atomic mass is 16.2. The van der Waals surface area contributed by atoms with Gasteiger partial charge in [-0.25, -0.2) is 4.79 Å². The lowest BCUT2D eigenvalue weighted by Crippen LogP contribution is -2.64. The van der Waals surface area contributed by atoms with Crippen LogP contribution in [0.2, 0.25) is 0 Å². The number of carbonyl (C=O) groups excluding carboxylic acids is 2. The summed E-state index contributed by atoms with van der Waals surface area (Å²) in [5, 5.41) is 2.46. The van der Waals surface area contributed by atoms with Crippen molar-refractivity contribution in [3.05, 3.63) is 35.9 Å². The first kappa shape index (κ1) is 11.3. The first-order valence-corrected chi connectivity index (χ1v) is 6.36. The molecule has 0 bridgehead atoms. The summed E-state index contributed by atoms with van der Waals surface area (Å²) in [4.78, 5) is 25.4. The molecule has 2 fully saturated rings. The van der Waals surface area contributed by atoms with Crippen molar-refractivity contribution in [2.45, 2.75) is 31.8 Å². The Bertz CT molecular complexity index is 486. The molecule has 1 aliphatic carbocycles. The van der Waals surface area contributed by atoms with Gasteiger partial charge < -0.3 is 4.90 Å². The zero-order valence-electron chi connectivity index (χ0n) is 10.3. The number of benzene rings is 1. The van der Waals surface area contributed by atoms with E-state index >= 15 is 0 Å². The summed E-state index contributed by atoms with van der Waals surface area (Å²) in [7, 11) is 0. The number of rotatable bonds is 2. The zero-order chi connectivity index (χ0) is 12.7. The lowest BCUT2D eigenvalue weighted by Gasteiger charge is -2.49. The van der Waals surface area contributed by atoms with Crippen molar-refractivity contribution >= 4 is 11.9 Å². The van der Waals surface area contributed by atoms with Gasteiger partial charge in [0.1, 0.15) is 0 Å². The SMILES string of the molecule is C[C@@H](c1ccccc1)N1C(=O)NC(=O)[C@@H]2CC[C@@H]21. The third-order valence-electron chi connectivity index (χ3n) is 4.10. The molecule has 1 aromatic rings. The van der Waals surface area contributed by atoms with Crippen LogP contribution < -0.4 is 5.32 Å². The smallest absolute Gasteiger partial charge is 0.314 e. The van der Waals surface area contributed by atoms with Crippen LogP contribution in [0.5, 0.6) is 0 Å². The second-order valence-electron chi connectivity index (χ2n) is 5.04. The molecule has 0 unspecified atom stereocenters. The summed E-state index contributed by atoms with van der Waals surface area (Å²) in [6.07, 6.45) is 1.82. The molecule has 18 heavy (non-hydrogen) atoms. The first-order chi connectivity index (χ1) is 8.68. The minimum absolute atomic E-state index is 0.00568. The van der Waals surface area contributed by atoms with Crippen molar-refractivity contribution in [2.75, 3.05) is 0 Å². The maximum absolute atomic E-state index is 12.0. The maximum atomic E-state index is 12.0. The van der Waals surface area contributed by atoms with E-state index in [1.54, 1.807) is 0 Å². The molecule has 2 aliphatic rings. The monoisotopic (exact) mass is 244 g/mol. The summed E-state index contributed by atoms with van der Waals surface area (Å²) >= 11 is 0. The van der Waals surface area contributed by atoms with Gasteiger partial charge in [0.15, 0.2) is 0 Å². The Balaban J connectivity index is 1.87. The van der Waals surface area contributed by atoms with Gasteiger partial charge >= 0.3 is 6.03 Å². The van der Waals surface area contributed by atoms with Crippen molar-refractivity contribution in [2.24, 2.45) is 5.92 Å². The van der Waals surface area contributed by atoms with Gasteiger partial charge in [0, 0.05) is 6.04 Å². The molecule has 0 aromatic heterocycles. The minimum Gasteiger partial charge on any atom is -0.314 e. The Labute approximate surface area is 106 Å². The molecule has 1 aliphatic heterocycles. The van der Waals surface area contributed by atoms with Crippen molar-refractivity contribution in [1.82, 2.24) is 10.2 Å². The number of hydrogen-bond acceptors (Lipinski definition) is 2. The van der Waals surface area contributed by atoms with E-state index in [0.29, 0.717) is 0 Å². The van der Waals surface area contributed by atoms with Gasteiger partial charge in [-0.15, -0.1) is 0 Å². The van der Waals surface area contributed by atoms with E-state index in [1.165, 1.54) is 0 Å². The average Bonchev–Trinajstić information content (AvgIpc) is 2.33. The molecule has 1 aromatic carbocycles. The molecular formula is C14H16N2O2. The van der Waals surface area contributed by atoms with Crippen LogP contribution in [0.15, 0.2) is 30.3 Å². The summed E-state index contributed by atoms with van der Waals surface area (Å²) in [5.74, 6) is -0.110. The second kappa shape index (κ2) is 4.12. The minimum atomic E-state index is -0.252. The van der Waals surface area contributed by atoms with Crippen molar-refractivity contribution < 1.29 is 9.59 Å². The van der Waals surface area contributed by atoms with Crippen LogP contribution in [-0.4, -0.2) is 22.9 Å². The van der Waals surface area contributed by atoms with E-state index in [0.717, 1.165) is 18.4 Å². The van der Waals surface area contributed by atoms with Gasteiger partial charge in [-0.1, -0.05) is 30.3 Å². The van der Waals surface area contributed by atoms with Crippen molar-refractivity contribution in [3.63, 3.8) is 0 Å². The van der Waals surface area contributed by atoms with Crippen molar-refractivity contribution in [1.29, 1.82) is 0 Å². The lowest BCUT2D eigenvalue weighted by atomic mass is 9.76. The van der Waals surface area contributed by atoms with E-state index in [-0.39, 0.29) is 29.9 Å². The van der Waals surface area contributed by atoms with Crippen LogP contribution in [0.25, 0.3) is 0 Å². The highest BCUT2D eigenvalue weighted by Crippen LogP contribution is 2.39. The van der Waals surface area contributed by atoms with E-state index in [2.05, 4.69) is 5.32 Å². The predicted molar refractivity (Wildman–Crippen MR) is 66.7 cm³/mol. The maximum Gasteiger partial charge on any atom is 0.324 e. The number of imide groups is 1. The van der Waals surface area contributed by atoms with Crippen molar-refractivity contribution in [3.8, 4) is 0 Å². The summed E-state index contributed by atoms with van der Waals surface area (Å²) < 4.78 is 0. The molecule has 4 heteroatoms. The van der Waals surface area contributed by atoms with E-state index < -0.39 is 0 Å². The molecule has 3 amide bonds. The topological polar surface area (TPSA) is 49.4 Å². The Hall–Kier alpha value is -1.84. The normalized spacial score (nSPS) is 28.2. The van der Waals surface area contributed by atoms with Crippen LogP contribution >= 0.6 is 0 Å².